The molecule has 0 fully saturated rings. The standard InChI is InChI=1S/C20H21N3O2/c24-17(14-25-18-6-2-1-3-7-18)13-23-10-8-19-16(12-23)11-15-5-4-9-21-20(15)22-19/h1-7,9,11,17,24H,8,10,12-14H2. The van der Waals surface area contributed by atoms with E-state index in [2.05, 4.69) is 20.9 Å². The molecule has 4 rings (SSSR count). The largest absolute Gasteiger partial charge is 0.491 e. The number of hydrogen-bond acceptors (Lipinski definition) is 5. The monoisotopic (exact) mass is 335 g/mol. The molecule has 1 unspecified atom stereocenters. The lowest BCUT2D eigenvalue weighted by molar-refractivity contribution is 0.0635. The van der Waals surface area contributed by atoms with Crippen molar-refractivity contribution in [2.75, 3.05) is 19.7 Å². The molecule has 0 radical (unpaired) electrons. The molecule has 0 saturated heterocycles. The lowest BCUT2D eigenvalue weighted by Gasteiger charge is -2.29. The van der Waals surface area contributed by atoms with E-state index in [-0.39, 0.29) is 0 Å². The van der Waals surface area contributed by atoms with Crippen molar-refractivity contribution in [2.24, 2.45) is 0 Å². The van der Waals surface area contributed by atoms with Gasteiger partial charge in [-0.15, -0.1) is 0 Å². The molecule has 5 nitrogen and oxygen atoms in total. The number of benzene rings is 1. The minimum absolute atomic E-state index is 0.299. The van der Waals surface area contributed by atoms with Crippen molar-refractivity contribution >= 4 is 11.0 Å². The predicted octanol–water partition coefficient (Wildman–Crippen LogP) is 2.43. The number of aromatic nitrogens is 2. The van der Waals surface area contributed by atoms with Gasteiger partial charge in [0.1, 0.15) is 18.5 Å². The van der Waals surface area contributed by atoms with Crippen molar-refractivity contribution in [3.05, 3.63) is 66.0 Å². The quantitative estimate of drug-likeness (QED) is 0.776. The molecule has 2 aromatic heterocycles. The third kappa shape index (κ3) is 3.78. The van der Waals surface area contributed by atoms with Gasteiger partial charge in [-0.3, -0.25) is 4.90 Å². The van der Waals surface area contributed by atoms with E-state index < -0.39 is 6.10 Å². The molecule has 0 bridgehead atoms. The average Bonchev–Trinajstić information content (AvgIpc) is 2.65. The van der Waals surface area contributed by atoms with Gasteiger partial charge in [0.05, 0.1) is 0 Å². The zero-order chi connectivity index (χ0) is 17.1. The van der Waals surface area contributed by atoms with E-state index in [4.69, 9.17) is 4.74 Å². The van der Waals surface area contributed by atoms with Crippen LogP contribution in [0, 0.1) is 0 Å². The van der Waals surface area contributed by atoms with Gasteiger partial charge in [0.15, 0.2) is 5.65 Å². The molecule has 1 aliphatic rings. The van der Waals surface area contributed by atoms with Crippen LogP contribution in [0.15, 0.2) is 54.7 Å². The molecule has 128 valence electrons. The first kappa shape index (κ1) is 16.0. The van der Waals surface area contributed by atoms with E-state index in [9.17, 15) is 5.11 Å². The smallest absolute Gasteiger partial charge is 0.159 e. The molecule has 0 spiro atoms. The topological polar surface area (TPSA) is 58.5 Å². The molecule has 0 amide bonds. The summed E-state index contributed by atoms with van der Waals surface area (Å²) in [6, 6.07) is 15.7. The second kappa shape index (κ2) is 7.17. The van der Waals surface area contributed by atoms with Crippen LogP contribution in [0.4, 0.5) is 0 Å². The summed E-state index contributed by atoms with van der Waals surface area (Å²) in [6.45, 7) is 2.58. The number of rotatable bonds is 5. The van der Waals surface area contributed by atoms with Crippen LogP contribution in [0.2, 0.25) is 0 Å². The third-order valence-electron chi connectivity index (χ3n) is 4.47. The molecule has 1 N–H and O–H groups in total. The number of fused-ring (bicyclic) bond motifs is 2. The van der Waals surface area contributed by atoms with Gasteiger partial charge in [0.2, 0.25) is 0 Å². The number of ether oxygens (including phenoxy) is 1. The van der Waals surface area contributed by atoms with E-state index >= 15 is 0 Å². The number of hydrogen-bond donors (Lipinski definition) is 1. The van der Waals surface area contributed by atoms with Gasteiger partial charge in [-0.2, -0.15) is 0 Å². The van der Waals surface area contributed by atoms with Gasteiger partial charge in [0.25, 0.3) is 0 Å². The van der Waals surface area contributed by atoms with Gasteiger partial charge in [-0.05, 0) is 35.9 Å². The van der Waals surface area contributed by atoms with Crippen LogP contribution < -0.4 is 4.74 Å². The van der Waals surface area contributed by atoms with Crippen molar-refractivity contribution in [1.29, 1.82) is 0 Å². The number of pyridine rings is 2. The van der Waals surface area contributed by atoms with E-state index in [0.29, 0.717) is 13.2 Å². The highest BCUT2D eigenvalue weighted by atomic mass is 16.5. The molecule has 1 aromatic carbocycles. The molecule has 0 saturated carbocycles. The molecular weight excluding hydrogens is 314 g/mol. The van der Waals surface area contributed by atoms with Crippen molar-refractivity contribution in [3.8, 4) is 5.75 Å². The summed E-state index contributed by atoms with van der Waals surface area (Å²) in [5, 5.41) is 11.4. The van der Waals surface area contributed by atoms with Crippen LogP contribution in [0.3, 0.4) is 0 Å². The Morgan fingerprint density at radius 1 is 1.16 bits per heavy atom. The lowest BCUT2D eigenvalue weighted by atomic mass is 10.0. The van der Waals surface area contributed by atoms with Crippen molar-refractivity contribution < 1.29 is 9.84 Å². The summed E-state index contributed by atoms with van der Waals surface area (Å²) in [4.78, 5) is 11.3. The normalized spacial score (nSPS) is 15.7. The van der Waals surface area contributed by atoms with Gasteiger partial charge in [-0.1, -0.05) is 18.2 Å². The Labute approximate surface area is 146 Å². The van der Waals surface area contributed by atoms with E-state index in [1.165, 1.54) is 5.56 Å². The Kier molecular flexibility index (Phi) is 4.59. The number of para-hydroxylation sites is 1. The Hall–Kier alpha value is -2.50. The maximum atomic E-state index is 10.3. The number of aliphatic hydroxyl groups excluding tert-OH is 1. The fraction of sp³-hybridized carbons (Fsp3) is 0.300. The van der Waals surface area contributed by atoms with Gasteiger partial charge in [-0.25, -0.2) is 9.97 Å². The molecule has 5 heteroatoms. The summed E-state index contributed by atoms with van der Waals surface area (Å²) in [5.74, 6) is 0.786. The zero-order valence-electron chi connectivity index (χ0n) is 14.0. The summed E-state index contributed by atoms with van der Waals surface area (Å²) < 4.78 is 5.64. The first-order valence-electron chi connectivity index (χ1n) is 8.60. The summed E-state index contributed by atoms with van der Waals surface area (Å²) in [5.41, 5.74) is 3.16. The molecule has 0 aliphatic carbocycles. The number of nitrogens with zero attached hydrogens (tertiary/aromatic N) is 3. The van der Waals surface area contributed by atoms with Crippen molar-refractivity contribution in [2.45, 2.75) is 19.1 Å². The number of aliphatic hydroxyl groups is 1. The highest BCUT2D eigenvalue weighted by Gasteiger charge is 2.20. The second-order valence-corrected chi connectivity index (χ2v) is 6.41. The highest BCUT2D eigenvalue weighted by Crippen LogP contribution is 2.21. The summed E-state index contributed by atoms with van der Waals surface area (Å²) >= 11 is 0. The Balaban J connectivity index is 1.37. The van der Waals surface area contributed by atoms with Crippen LogP contribution in [-0.4, -0.2) is 45.8 Å². The third-order valence-corrected chi connectivity index (χ3v) is 4.47. The molecule has 3 heterocycles. The van der Waals surface area contributed by atoms with Crippen molar-refractivity contribution in [3.63, 3.8) is 0 Å². The molecule has 25 heavy (non-hydrogen) atoms. The fourth-order valence-electron chi connectivity index (χ4n) is 3.24. The second-order valence-electron chi connectivity index (χ2n) is 6.41. The first-order chi connectivity index (χ1) is 12.3. The van der Waals surface area contributed by atoms with Crippen LogP contribution >= 0.6 is 0 Å². The summed E-state index contributed by atoms with van der Waals surface area (Å²) in [6.07, 6.45) is 2.14. The molecule has 1 atom stereocenters. The first-order valence-corrected chi connectivity index (χ1v) is 8.60. The Morgan fingerprint density at radius 2 is 2.04 bits per heavy atom. The summed E-state index contributed by atoms with van der Waals surface area (Å²) in [7, 11) is 0. The highest BCUT2D eigenvalue weighted by molar-refractivity contribution is 5.75. The van der Waals surface area contributed by atoms with E-state index in [1.807, 2.05) is 42.5 Å². The molecular formula is C20H21N3O2. The SMILES string of the molecule is OC(COc1ccccc1)CN1CCc2nc3ncccc3cc2C1. The lowest BCUT2D eigenvalue weighted by Crippen LogP contribution is -2.39. The van der Waals surface area contributed by atoms with Crippen LogP contribution in [0.25, 0.3) is 11.0 Å². The maximum Gasteiger partial charge on any atom is 0.159 e. The number of β-amino-alcohol motifs (C(OH)–C–C–N with tert-alkyl or cyclic N) is 1. The predicted molar refractivity (Wildman–Crippen MR) is 96.5 cm³/mol. The Bertz CT molecular complexity index is 854. The van der Waals surface area contributed by atoms with Gasteiger partial charge in [0, 0.05) is 43.3 Å². The zero-order valence-corrected chi connectivity index (χ0v) is 14.0. The van der Waals surface area contributed by atoms with Crippen LogP contribution in [0.1, 0.15) is 11.3 Å². The minimum atomic E-state index is -0.517. The van der Waals surface area contributed by atoms with Crippen LogP contribution in [0.5, 0.6) is 5.75 Å². The van der Waals surface area contributed by atoms with Gasteiger partial charge >= 0.3 is 0 Å². The van der Waals surface area contributed by atoms with E-state index in [1.54, 1.807) is 6.20 Å². The molecule has 1 aliphatic heterocycles. The minimum Gasteiger partial charge on any atom is -0.491 e. The maximum absolute atomic E-state index is 10.3. The van der Waals surface area contributed by atoms with Crippen LogP contribution in [-0.2, 0) is 13.0 Å². The van der Waals surface area contributed by atoms with Crippen molar-refractivity contribution in [1.82, 2.24) is 14.9 Å². The molecule has 3 aromatic rings. The van der Waals surface area contributed by atoms with Gasteiger partial charge < -0.3 is 9.84 Å². The fourth-order valence-corrected chi connectivity index (χ4v) is 3.24. The average molecular weight is 335 g/mol. The Morgan fingerprint density at radius 3 is 2.92 bits per heavy atom. The van der Waals surface area contributed by atoms with E-state index in [0.717, 1.165) is 42.0 Å².